The summed E-state index contributed by atoms with van der Waals surface area (Å²) < 4.78 is 43.8. The molecule has 2 aromatic carbocycles. The number of halogens is 2. The molecule has 0 spiro atoms. The lowest BCUT2D eigenvalue weighted by Crippen LogP contribution is -2.26. The van der Waals surface area contributed by atoms with Crippen molar-refractivity contribution in [2.45, 2.75) is 30.2 Å². The lowest BCUT2D eigenvalue weighted by molar-refractivity contribution is 0.436. The topological polar surface area (TPSA) is 76.0 Å². The number of rotatable bonds is 9. The van der Waals surface area contributed by atoms with Crippen molar-refractivity contribution in [3.63, 3.8) is 0 Å². The standard InChI is InChI=1S/C24H28ClFN4O2S/c1-27-13-19-10-18-12-23(26)17(6-7-29-33(31,32)24-14-30(2)15-28-24)11-22(18)21(19)9-16-4-3-5-20(25)8-16/h3-5,8,11-12,14-15,19,21,27,29H,6-7,9-10,13H2,1-2H3. The SMILES string of the molecule is CNCC1Cc2cc(F)c(CCNS(=O)(=O)c3cn(C)cn3)cc2C1Cc1cccc(Cl)c1. The van der Waals surface area contributed by atoms with Gasteiger partial charge in [-0.2, -0.15) is 0 Å². The highest BCUT2D eigenvalue weighted by molar-refractivity contribution is 7.89. The predicted octanol–water partition coefficient (Wildman–Crippen LogP) is 3.45. The molecule has 176 valence electrons. The van der Waals surface area contributed by atoms with Crippen LogP contribution >= 0.6 is 11.6 Å². The highest BCUT2D eigenvalue weighted by atomic mass is 35.5. The summed E-state index contributed by atoms with van der Waals surface area (Å²) in [5.41, 5.74) is 3.82. The van der Waals surface area contributed by atoms with Gasteiger partial charge in [0.2, 0.25) is 0 Å². The van der Waals surface area contributed by atoms with Gasteiger partial charge in [-0.1, -0.05) is 29.8 Å². The Morgan fingerprint density at radius 2 is 2.09 bits per heavy atom. The minimum absolute atomic E-state index is 0.0454. The molecule has 2 unspecified atom stereocenters. The Morgan fingerprint density at radius 3 is 2.79 bits per heavy atom. The van der Waals surface area contributed by atoms with Crippen molar-refractivity contribution >= 4 is 21.6 Å². The molecule has 33 heavy (non-hydrogen) atoms. The van der Waals surface area contributed by atoms with Crippen molar-refractivity contribution in [2.75, 3.05) is 20.1 Å². The van der Waals surface area contributed by atoms with Crippen LogP contribution in [-0.2, 0) is 36.3 Å². The first kappa shape index (κ1) is 23.9. The van der Waals surface area contributed by atoms with Crippen molar-refractivity contribution in [2.24, 2.45) is 13.0 Å². The van der Waals surface area contributed by atoms with Crippen LogP contribution < -0.4 is 10.0 Å². The summed E-state index contributed by atoms with van der Waals surface area (Å²) in [7, 11) is -0.0996. The van der Waals surface area contributed by atoms with Gasteiger partial charge in [0.25, 0.3) is 10.0 Å². The number of hydrogen-bond donors (Lipinski definition) is 2. The van der Waals surface area contributed by atoms with Crippen LogP contribution in [0.1, 0.15) is 28.2 Å². The Bertz CT molecular complexity index is 1250. The molecule has 1 aliphatic carbocycles. The van der Waals surface area contributed by atoms with Crippen molar-refractivity contribution in [3.8, 4) is 0 Å². The predicted molar refractivity (Wildman–Crippen MR) is 128 cm³/mol. The van der Waals surface area contributed by atoms with E-state index < -0.39 is 10.0 Å². The van der Waals surface area contributed by atoms with E-state index in [0.717, 1.165) is 36.1 Å². The summed E-state index contributed by atoms with van der Waals surface area (Å²) in [5.74, 6) is 0.286. The van der Waals surface area contributed by atoms with E-state index >= 15 is 0 Å². The maximum absolute atomic E-state index is 14.9. The number of benzene rings is 2. The monoisotopic (exact) mass is 490 g/mol. The summed E-state index contributed by atoms with van der Waals surface area (Å²) in [6.07, 6.45) is 4.74. The number of aromatic nitrogens is 2. The molecule has 1 aliphatic rings. The van der Waals surface area contributed by atoms with Crippen molar-refractivity contribution in [3.05, 3.63) is 82.0 Å². The highest BCUT2D eigenvalue weighted by Crippen LogP contribution is 2.41. The number of imidazole rings is 1. The third kappa shape index (κ3) is 5.46. The Hall–Kier alpha value is -2.26. The van der Waals surface area contributed by atoms with Crippen molar-refractivity contribution in [1.82, 2.24) is 19.6 Å². The summed E-state index contributed by atoms with van der Waals surface area (Å²) >= 11 is 6.19. The third-order valence-electron chi connectivity index (χ3n) is 6.21. The van der Waals surface area contributed by atoms with Gasteiger partial charge in [0.1, 0.15) is 5.82 Å². The van der Waals surface area contributed by atoms with Crippen LogP contribution in [0.25, 0.3) is 0 Å². The number of nitrogens with zero attached hydrogens (tertiary/aromatic N) is 2. The molecule has 2 atom stereocenters. The molecule has 0 bridgehead atoms. The van der Waals surface area contributed by atoms with E-state index in [1.165, 1.54) is 12.5 Å². The van der Waals surface area contributed by atoms with Gasteiger partial charge in [-0.25, -0.2) is 22.5 Å². The Morgan fingerprint density at radius 1 is 1.27 bits per heavy atom. The molecule has 3 aromatic rings. The largest absolute Gasteiger partial charge is 0.339 e. The fraction of sp³-hybridized carbons (Fsp3) is 0.375. The number of aryl methyl sites for hydroxylation is 1. The van der Waals surface area contributed by atoms with Crippen LogP contribution in [0, 0.1) is 11.7 Å². The molecule has 2 N–H and O–H groups in total. The fourth-order valence-corrected chi connectivity index (χ4v) is 5.89. The van der Waals surface area contributed by atoms with Gasteiger partial charge < -0.3 is 9.88 Å². The zero-order chi connectivity index (χ0) is 23.6. The molecule has 0 fully saturated rings. The zero-order valence-electron chi connectivity index (χ0n) is 18.7. The molecule has 0 radical (unpaired) electrons. The van der Waals surface area contributed by atoms with E-state index in [9.17, 15) is 12.8 Å². The summed E-state index contributed by atoms with van der Waals surface area (Å²) in [5, 5.41) is 3.92. The van der Waals surface area contributed by atoms with E-state index in [4.69, 9.17) is 11.6 Å². The summed E-state index contributed by atoms with van der Waals surface area (Å²) in [6.45, 7) is 0.925. The Labute approximate surface area is 199 Å². The zero-order valence-corrected chi connectivity index (χ0v) is 20.3. The van der Waals surface area contributed by atoms with Gasteiger partial charge in [0.05, 0.1) is 6.33 Å². The van der Waals surface area contributed by atoms with Gasteiger partial charge in [-0.05, 0) is 85.1 Å². The maximum Gasteiger partial charge on any atom is 0.259 e. The fourth-order valence-electron chi connectivity index (χ4n) is 4.66. The van der Waals surface area contributed by atoms with Gasteiger partial charge in [-0.3, -0.25) is 0 Å². The highest BCUT2D eigenvalue weighted by Gasteiger charge is 2.33. The van der Waals surface area contributed by atoms with Gasteiger partial charge >= 0.3 is 0 Å². The Kier molecular flexibility index (Phi) is 7.19. The molecular weight excluding hydrogens is 463 g/mol. The van der Waals surface area contributed by atoms with Crippen LogP contribution in [0.15, 0.2) is 53.9 Å². The van der Waals surface area contributed by atoms with E-state index in [0.29, 0.717) is 16.5 Å². The van der Waals surface area contributed by atoms with E-state index in [1.807, 2.05) is 31.3 Å². The molecule has 1 heterocycles. The maximum atomic E-state index is 14.9. The molecule has 0 amide bonds. The van der Waals surface area contributed by atoms with Crippen molar-refractivity contribution < 1.29 is 12.8 Å². The van der Waals surface area contributed by atoms with Crippen LogP contribution in [0.5, 0.6) is 0 Å². The first-order chi connectivity index (χ1) is 15.8. The molecule has 0 saturated carbocycles. The van der Waals surface area contributed by atoms with Crippen LogP contribution in [0.2, 0.25) is 5.02 Å². The van der Waals surface area contributed by atoms with E-state index in [-0.39, 0.29) is 29.7 Å². The second-order valence-corrected chi connectivity index (χ2v) is 10.8. The van der Waals surface area contributed by atoms with Gasteiger partial charge in [-0.15, -0.1) is 0 Å². The minimum Gasteiger partial charge on any atom is -0.339 e. The van der Waals surface area contributed by atoms with Crippen LogP contribution in [-0.4, -0.2) is 38.1 Å². The minimum atomic E-state index is -3.73. The first-order valence-electron chi connectivity index (χ1n) is 10.9. The van der Waals surface area contributed by atoms with Crippen LogP contribution in [0.3, 0.4) is 0 Å². The Balaban J connectivity index is 1.53. The number of sulfonamides is 1. The molecular formula is C24H28ClFN4O2S. The molecule has 0 saturated heterocycles. The molecule has 1 aromatic heterocycles. The molecule has 9 heteroatoms. The average Bonchev–Trinajstić information content (AvgIpc) is 3.33. The van der Waals surface area contributed by atoms with Crippen LogP contribution in [0.4, 0.5) is 4.39 Å². The average molecular weight is 491 g/mol. The lowest BCUT2D eigenvalue weighted by Gasteiger charge is -2.21. The second-order valence-electron chi connectivity index (χ2n) is 8.63. The quantitative estimate of drug-likeness (QED) is 0.481. The van der Waals surface area contributed by atoms with E-state index in [2.05, 4.69) is 21.1 Å². The normalized spacial score (nSPS) is 17.9. The number of fused-ring (bicyclic) bond motifs is 1. The van der Waals surface area contributed by atoms with E-state index in [1.54, 1.807) is 17.7 Å². The van der Waals surface area contributed by atoms with Gasteiger partial charge in [0.15, 0.2) is 5.03 Å². The number of hydrogen-bond acceptors (Lipinski definition) is 4. The lowest BCUT2D eigenvalue weighted by atomic mass is 9.86. The van der Waals surface area contributed by atoms with Gasteiger partial charge in [0, 0.05) is 24.8 Å². The second kappa shape index (κ2) is 9.93. The molecule has 6 nitrogen and oxygen atoms in total. The summed E-state index contributed by atoms with van der Waals surface area (Å²) in [4.78, 5) is 3.88. The first-order valence-corrected chi connectivity index (χ1v) is 12.8. The smallest absolute Gasteiger partial charge is 0.259 e. The number of nitrogens with one attached hydrogen (secondary N) is 2. The van der Waals surface area contributed by atoms with Crippen molar-refractivity contribution in [1.29, 1.82) is 0 Å². The molecule has 0 aliphatic heterocycles. The molecule has 4 rings (SSSR count). The third-order valence-corrected chi connectivity index (χ3v) is 7.79. The summed E-state index contributed by atoms with van der Waals surface area (Å²) in [6, 6.07) is 11.4.